The van der Waals surface area contributed by atoms with Crippen molar-refractivity contribution >= 4 is 11.6 Å². The van der Waals surface area contributed by atoms with Crippen LogP contribution in [0.5, 0.6) is 0 Å². The quantitative estimate of drug-likeness (QED) is 0.788. The summed E-state index contributed by atoms with van der Waals surface area (Å²) in [6.45, 7) is 6.42. The molecule has 1 atom stereocenters. The third-order valence-electron chi connectivity index (χ3n) is 3.87. The van der Waals surface area contributed by atoms with Gasteiger partial charge in [-0.05, 0) is 43.2 Å². The fourth-order valence-electron chi connectivity index (χ4n) is 2.70. The van der Waals surface area contributed by atoms with Gasteiger partial charge in [0.1, 0.15) is 0 Å². The Morgan fingerprint density at radius 2 is 2.17 bits per heavy atom. The molecule has 0 aromatic heterocycles. The first kappa shape index (κ1) is 12.9. The lowest BCUT2D eigenvalue weighted by Gasteiger charge is -2.18. The number of nitrogens with two attached hydrogens (primary N) is 1. The predicted molar refractivity (Wildman–Crippen MR) is 74.5 cm³/mol. The lowest BCUT2D eigenvalue weighted by Crippen LogP contribution is -2.34. The van der Waals surface area contributed by atoms with Gasteiger partial charge >= 0.3 is 0 Å². The standard InChI is InChI=1S/C15H22N2O/c1-10-5-4-6-12(13(10)16)14(18)17-11-7-8-15(2,3)9-11/h4-6,11H,7-9,16H2,1-3H3,(H,17,18). The van der Waals surface area contributed by atoms with Crippen LogP contribution in [-0.2, 0) is 0 Å². The van der Waals surface area contributed by atoms with Crippen molar-refractivity contribution in [2.24, 2.45) is 5.41 Å². The highest BCUT2D eigenvalue weighted by atomic mass is 16.1. The van der Waals surface area contributed by atoms with Crippen LogP contribution < -0.4 is 11.1 Å². The van der Waals surface area contributed by atoms with E-state index in [2.05, 4.69) is 19.2 Å². The summed E-state index contributed by atoms with van der Waals surface area (Å²) in [6.07, 6.45) is 3.27. The lowest BCUT2D eigenvalue weighted by atomic mass is 9.92. The van der Waals surface area contributed by atoms with E-state index in [1.807, 2.05) is 19.1 Å². The van der Waals surface area contributed by atoms with Crippen LogP contribution in [0.4, 0.5) is 5.69 Å². The summed E-state index contributed by atoms with van der Waals surface area (Å²) in [5.41, 5.74) is 8.43. The number of rotatable bonds is 2. The number of amides is 1. The zero-order valence-electron chi connectivity index (χ0n) is 11.4. The molecule has 1 saturated carbocycles. The van der Waals surface area contributed by atoms with Gasteiger partial charge in [0, 0.05) is 11.7 Å². The highest BCUT2D eigenvalue weighted by molar-refractivity contribution is 5.99. The second kappa shape index (κ2) is 4.63. The molecule has 1 aromatic carbocycles. The summed E-state index contributed by atoms with van der Waals surface area (Å²) in [7, 11) is 0. The van der Waals surface area contributed by atoms with Crippen molar-refractivity contribution in [3.8, 4) is 0 Å². The van der Waals surface area contributed by atoms with Gasteiger partial charge in [-0.1, -0.05) is 26.0 Å². The molecule has 1 amide bonds. The van der Waals surface area contributed by atoms with E-state index >= 15 is 0 Å². The van der Waals surface area contributed by atoms with Gasteiger partial charge in [0.15, 0.2) is 0 Å². The average molecular weight is 246 g/mol. The summed E-state index contributed by atoms with van der Waals surface area (Å²) in [5, 5.41) is 3.10. The number of anilines is 1. The largest absolute Gasteiger partial charge is 0.398 e. The number of para-hydroxylation sites is 1. The highest BCUT2D eigenvalue weighted by Crippen LogP contribution is 2.37. The van der Waals surface area contributed by atoms with Crippen molar-refractivity contribution in [2.45, 2.75) is 46.1 Å². The Morgan fingerprint density at radius 1 is 1.44 bits per heavy atom. The van der Waals surface area contributed by atoms with Crippen LogP contribution in [0.15, 0.2) is 18.2 Å². The molecule has 0 aliphatic heterocycles. The molecule has 18 heavy (non-hydrogen) atoms. The fraction of sp³-hybridized carbons (Fsp3) is 0.533. The van der Waals surface area contributed by atoms with E-state index in [0.717, 1.165) is 18.4 Å². The van der Waals surface area contributed by atoms with Gasteiger partial charge in [-0.15, -0.1) is 0 Å². The zero-order chi connectivity index (χ0) is 13.3. The molecule has 0 heterocycles. The molecule has 1 unspecified atom stereocenters. The third kappa shape index (κ3) is 2.66. The summed E-state index contributed by atoms with van der Waals surface area (Å²) >= 11 is 0. The van der Waals surface area contributed by atoms with Crippen molar-refractivity contribution in [3.63, 3.8) is 0 Å². The van der Waals surface area contributed by atoms with Crippen LogP contribution in [0.25, 0.3) is 0 Å². The van der Waals surface area contributed by atoms with E-state index in [9.17, 15) is 4.79 Å². The summed E-state index contributed by atoms with van der Waals surface area (Å²) < 4.78 is 0. The van der Waals surface area contributed by atoms with Gasteiger partial charge in [-0.2, -0.15) is 0 Å². The first-order valence-electron chi connectivity index (χ1n) is 6.55. The van der Waals surface area contributed by atoms with E-state index in [4.69, 9.17) is 5.73 Å². The smallest absolute Gasteiger partial charge is 0.253 e. The SMILES string of the molecule is Cc1cccc(C(=O)NC2CCC(C)(C)C2)c1N. The van der Waals surface area contributed by atoms with Gasteiger partial charge in [0.25, 0.3) is 5.91 Å². The van der Waals surface area contributed by atoms with E-state index in [1.165, 1.54) is 6.42 Å². The summed E-state index contributed by atoms with van der Waals surface area (Å²) in [4.78, 5) is 12.2. The van der Waals surface area contributed by atoms with Crippen LogP contribution in [0.1, 0.15) is 49.0 Å². The number of benzene rings is 1. The normalized spacial score (nSPS) is 21.8. The van der Waals surface area contributed by atoms with Crippen molar-refractivity contribution in [3.05, 3.63) is 29.3 Å². The molecule has 0 saturated heterocycles. The molecule has 3 N–H and O–H groups in total. The Morgan fingerprint density at radius 3 is 2.78 bits per heavy atom. The van der Waals surface area contributed by atoms with Crippen molar-refractivity contribution in [1.82, 2.24) is 5.32 Å². The first-order valence-corrected chi connectivity index (χ1v) is 6.55. The summed E-state index contributed by atoms with van der Waals surface area (Å²) in [5.74, 6) is -0.0427. The lowest BCUT2D eigenvalue weighted by molar-refractivity contribution is 0.0937. The number of nitrogens with one attached hydrogen (secondary N) is 1. The van der Waals surface area contributed by atoms with Crippen LogP contribution in [-0.4, -0.2) is 11.9 Å². The van der Waals surface area contributed by atoms with Crippen LogP contribution in [0, 0.1) is 12.3 Å². The zero-order valence-corrected chi connectivity index (χ0v) is 11.4. The van der Waals surface area contributed by atoms with Gasteiger partial charge < -0.3 is 11.1 Å². The van der Waals surface area contributed by atoms with E-state index in [0.29, 0.717) is 16.7 Å². The van der Waals surface area contributed by atoms with E-state index < -0.39 is 0 Å². The monoisotopic (exact) mass is 246 g/mol. The molecule has 1 aliphatic rings. The molecular formula is C15H22N2O. The number of carbonyl (C=O) groups excluding carboxylic acids is 1. The second-order valence-electron chi connectivity index (χ2n) is 6.11. The maximum absolute atomic E-state index is 12.2. The molecule has 1 fully saturated rings. The Balaban J connectivity index is 2.07. The predicted octanol–water partition coefficient (Wildman–Crippen LogP) is 2.89. The number of aryl methyl sites for hydroxylation is 1. The molecule has 0 bridgehead atoms. The first-order chi connectivity index (χ1) is 8.39. The Bertz CT molecular complexity index is 466. The average Bonchev–Trinajstić information content (AvgIpc) is 2.62. The molecule has 1 aromatic rings. The maximum Gasteiger partial charge on any atom is 0.253 e. The second-order valence-corrected chi connectivity index (χ2v) is 6.11. The van der Waals surface area contributed by atoms with Gasteiger partial charge in [0.2, 0.25) is 0 Å². The number of hydrogen-bond donors (Lipinski definition) is 2. The number of carbonyl (C=O) groups is 1. The van der Waals surface area contributed by atoms with E-state index in [1.54, 1.807) is 6.07 Å². The van der Waals surface area contributed by atoms with Crippen molar-refractivity contribution in [2.75, 3.05) is 5.73 Å². The molecule has 98 valence electrons. The van der Waals surface area contributed by atoms with Gasteiger partial charge in [-0.25, -0.2) is 0 Å². The highest BCUT2D eigenvalue weighted by Gasteiger charge is 2.31. The maximum atomic E-state index is 12.2. The van der Waals surface area contributed by atoms with Crippen LogP contribution in [0.3, 0.4) is 0 Å². The Kier molecular flexibility index (Phi) is 3.33. The van der Waals surface area contributed by atoms with Gasteiger partial charge in [0.05, 0.1) is 5.56 Å². The topological polar surface area (TPSA) is 55.1 Å². The Hall–Kier alpha value is -1.51. The minimum absolute atomic E-state index is 0.0427. The van der Waals surface area contributed by atoms with Crippen molar-refractivity contribution in [1.29, 1.82) is 0 Å². The molecule has 1 aliphatic carbocycles. The molecule has 0 radical (unpaired) electrons. The molecule has 2 rings (SSSR count). The number of nitrogen functional groups attached to an aromatic ring is 1. The van der Waals surface area contributed by atoms with Gasteiger partial charge in [-0.3, -0.25) is 4.79 Å². The molecule has 3 nitrogen and oxygen atoms in total. The Labute approximate surface area is 109 Å². The minimum Gasteiger partial charge on any atom is -0.398 e. The van der Waals surface area contributed by atoms with E-state index in [-0.39, 0.29) is 11.9 Å². The summed E-state index contributed by atoms with van der Waals surface area (Å²) in [6, 6.07) is 5.87. The van der Waals surface area contributed by atoms with Crippen LogP contribution >= 0.6 is 0 Å². The van der Waals surface area contributed by atoms with Crippen molar-refractivity contribution < 1.29 is 4.79 Å². The number of hydrogen-bond acceptors (Lipinski definition) is 2. The minimum atomic E-state index is -0.0427. The molecule has 0 spiro atoms. The molecule has 3 heteroatoms. The fourth-order valence-corrected chi connectivity index (χ4v) is 2.70. The third-order valence-corrected chi connectivity index (χ3v) is 3.87. The molecular weight excluding hydrogens is 224 g/mol. The van der Waals surface area contributed by atoms with Crippen LogP contribution in [0.2, 0.25) is 0 Å².